The lowest BCUT2D eigenvalue weighted by Gasteiger charge is -2.09. The van der Waals surface area contributed by atoms with E-state index in [2.05, 4.69) is 34.7 Å². The number of carbonyl (C=O) groups excluding carboxylic acids is 1. The molecule has 0 saturated heterocycles. The molecule has 0 bridgehead atoms. The van der Waals surface area contributed by atoms with Gasteiger partial charge in [-0.3, -0.25) is 4.79 Å². The highest BCUT2D eigenvalue weighted by molar-refractivity contribution is 7.99. The zero-order valence-corrected chi connectivity index (χ0v) is 18.2. The molecule has 1 amide bonds. The number of aryl methyl sites for hydroxylation is 1. The van der Waals surface area contributed by atoms with E-state index in [9.17, 15) is 4.79 Å². The summed E-state index contributed by atoms with van der Waals surface area (Å²) in [7, 11) is 0. The summed E-state index contributed by atoms with van der Waals surface area (Å²) in [5, 5.41) is 15.0. The van der Waals surface area contributed by atoms with E-state index >= 15 is 0 Å². The van der Waals surface area contributed by atoms with Crippen LogP contribution in [0.15, 0.2) is 28.7 Å². The maximum atomic E-state index is 12.3. The van der Waals surface area contributed by atoms with E-state index in [1.807, 2.05) is 11.5 Å². The van der Waals surface area contributed by atoms with E-state index in [-0.39, 0.29) is 11.7 Å². The number of nitrogens with zero attached hydrogens (tertiary/aromatic N) is 3. The molecule has 0 aliphatic heterocycles. The topological polar surface area (TPSA) is 59.8 Å². The van der Waals surface area contributed by atoms with E-state index in [4.69, 9.17) is 23.2 Å². The second kappa shape index (κ2) is 8.65. The summed E-state index contributed by atoms with van der Waals surface area (Å²) in [5.74, 6) is 0.808. The number of amides is 1. The van der Waals surface area contributed by atoms with Gasteiger partial charge in [-0.05, 0) is 38.5 Å². The minimum atomic E-state index is -0.204. The standard InChI is InChI=1S/C18H18Cl2N4OS2/c1-4-24-17(12-8-26-11(3)10(12)2)22-23-18(24)27-9-15(25)21-16-13(19)6-5-7-14(16)20/h5-8H,4,9H2,1-3H3,(H,21,25). The van der Waals surface area contributed by atoms with Gasteiger partial charge in [-0.1, -0.05) is 41.0 Å². The second-order valence-corrected chi connectivity index (χ2v) is 8.66. The van der Waals surface area contributed by atoms with Crippen LogP contribution < -0.4 is 5.32 Å². The fraction of sp³-hybridized carbons (Fsp3) is 0.278. The normalized spacial score (nSPS) is 11.0. The monoisotopic (exact) mass is 440 g/mol. The highest BCUT2D eigenvalue weighted by Crippen LogP contribution is 2.32. The lowest BCUT2D eigenvalue weighted by molar-refractivity contribution is -0.113. The Kier molecular flexibility index (Phi) is 6.47. The number of thioether (sulfide) groups is 1. The third-order valence-corrected chi connectivity index (χ3v) is 6.73. The van der Waals surface area contributed by atoms with Crippen molar-refractivity contribution in [3.05, 3.63) is 44.1 Å². The molecule has 0 radical (unpaired) electrons. The number of halogens is 2. The fourth-order valence-corrected chi connectivity index (χ4v) is 4.69. The third kappa shape index (κ3) is 4.32. The number of para-hydroxylation sites is 1. The number of nitrogens with one attached hydrogen (secondary N) is 1. The van der Waals surface area contributed by atoms with Crippen molar-refractivity contribution in [1.82, 2.24) is 14.8 Å². The minimum Gasteiger partial charge on any atom is -0.323 e. The van der Waals surface area contributed by atoms with Gasteiger partial charge in [0.05, 0.1) is 21.5 Å². The van der Waals surface area contributed by atoms with E-state index in [1.54, 1.807) is 29.5 Å². The molecule has 142 valence electrons. The summed E-state index contributed by atoms with van der Waals surface area (Å²) < 4.78 is 2.02. The summed E-state index contributed by atoms with van der Waals surface area (Å²) in [6.07, 6.45) is 0. The number of anilines is 1. The highest BCUT2D eigenvalue weighted by atomic mass is 35.5. The Morgan fingerprint density at radius 2 is 1.96 bits per heavy atom. The molecule has 0 aliphatic rings. The Labute approximate surface area is 176 Å². The van der Waals surface area contributed by atoms with Crippen LogP contribution in [0.2, 0.25) is 10.0 Å². The van der Waals surface area contributed by atoms with Gasteiger partial charge in [-0.25, -0.2) is 0 Å². The largest absolute Gasteiger partial charge is 0.323 e. The molecule has 2 aromatic heterocycles. The van der Waals surface area contributed by atoms with Crippen molar-refractivity contribution < 1.29 is 4.79 Å². The number of hydrogen-bond acceptors (Lipinski definition) is 5. The van der Waals surface area contributed by atoms with Crippen LogP contribution in [0, 0.1) is 13.8 Å². The van der Waals surface area contributed by atoms with E-state index in [1.165, 1.54) is 22.2 Å². The lowest BCUT2D eigenvalue weighted by Crippen LogP contribution is -2.15. The second-order valence-electron chi connectivity index (χ2n) is 5.81. The first kappa shape index (κ1) is 20.2. The van der Waals surface area contributed by atoms with Crippen molar-refractivity contribution in [2.24, 2.45) is 0 Å². The number of rotatable bonds is 6. The van der Waals surface area contributed by atoms with Gasteiger partial charge in [-0.15, -0.1) is 21.5 Å². The molecule has 27 heavy (non-hydrogen) atoms. The van der Waals surface area contributed by atoms with Gasteiger partial charge in [0.15, 0.2) is 11.0 Å². The van der Waals surface area contributed by atoms with Crippen LogP contribution in [0.25, 0.3) is 11.4 Å². The van der Waals surface area contributed by atoms with Crippen LogP contribution in [-0.2, 0) is 11.3 Å². The number of thiophene rings is 1. The molecule has 1 N–H and O–H groups in total. The van der Waals surface area contributed by atoms with Crippen LogP contribution in [0.1, 0.15) is 17.4 Å². The first-order chi connectivity index (χ1) is 12.9. The Bertz CT molecular complexity index is 964. The molecule has 0 fully saturated rings. The Morgan fingerprint density at radius 1 is 1.26 bits per heavy atom. The van der Waals surface area contributed by atoms with Gasteiger partial charge < -0.3 is 9.88 Å². The van der Waals surface area contributed by atoms with Crippen molar-refractivity contribution >= 4 is 57.9 Å². The maximum Gasteiger partial charge on any atom is 0.234 e. The van der Waals surface area contributed by atoms with Crippen LogP contribution in [0.4, 0.5) is 5.69 Å². The Balaban J connectivity index is 1.73. The smallest absolute Gasteiger partial charge is 0.234 e. The molecule has 9 heteroatoms. The summed E-state index contributed by atoms with van der Waals surface area (Å²) in [4.78, 5) is 13.6. The number of aromatic nitrogens is 3. The molecule has 0 aliphatic carbocycles. The minimum absolute atomic E-state index is 0.182. The van der Waals surface area contributed by atoms with Crippen LogP contribution in [-0.4, -0.2) is 26.4 Å². The van der Waals surface area contributed by atoms with Gasteiger partial charge >= 0.3 is 0 Å². The maximum absolute atomic E-state index is 12.3. The zero-order chi connectivity index (χ0) is 19.6. The SMILES string of the molecule is CCn1c(SCC(=O)Nc2c(Cl)cccc2Cl)nnc1-c1csc(C)c1C. The molecule has 2 heterocycles. The van der Waals surface area contributed by atoms with Crippen molar-refractivity contribution in [3.63, 3.8) is 0 Å². The molecular formula is C18H18Cl2N4OS2. The van der Waals surface area contributed by atoms with E-state index < -0.39 is 0 Å². The van der Waals surface area contributed by atoms with Gasteiger partial charge in [0.2, 0.25) is 5.91 Å². The highest BCUT2D eigenvalue weighted by Gasteiger charge is 2.18. The third-order valence-electron chi connectivity index (χ3n) is 4.12. The van der Waals surface area contributed by atoms with Crippen molar-refractivity contribution in [3.8, 4) is 11.4 Å². The predicted molar refractivity (Wildman–Crippen MR) is 114 cm³/mol. The average molecular weight is 441 g/mol. The molecule has 3 rings (SSSR count). The molecule has 3 aromatic rings. The summed E-state index contributed by atoms with van der Waals surface area (Å²) in [5.41, 5.74) is 2.73. The molecule has 0 saturated carbocycles. The average Bonchev–Trinajstić information content (AvgIpc) is 3.19. The number of hydrogen-bond donors (Lipinski definition) is 1. The van der Waals surface area contributed by atoms with Gasteiger partial charge in [-0.2, -0.15) is 0 Å². The van der Waals surface area contributed by atoms with Crippen molar-refractivity contribution in [2.75, 3.05) is 11.1 Å². The van der Waals surface area contributed by atoms with Crippen LogP contribution in [0.3, 0.4) is 0 Å². The first-order valence-electron chi connectivity index (χ1n) is 8.27. The number of benzene rings is 1. The number of carbonyl (C=O) groups is 1. The van der Waals surface area contributed by atoms with Gasteiger partial charge in [0.1, 0.15) is 0 Å². The summed E-state index contributed by atoms with van der Waals surface area (Å²) >= 11 is 15.2. The van der Waals surface area contributed by atoms with Crippen molar-refractivity contribution in [1.29, 1.82) is 0 Å². The molecular weight excluding hydrogens is 423 g/mol. The van der Waals surface area contributed by atoms with E-state index in [0.717, 1.165) is 17.9 Å². The molecule has 5 nitrogen and oxygen atoms in total. The molecule has 0 unspecified atom stereocenters. The molecule has 1 aromatic carbocycles. The summed E-state index contributed by atoms with van der Waals surface area (Å²) in [6.45, 7) is 6.94. The molecule has 0 atom stereocenters. The Morgan fingerprint density at radius 3 is 2.56 bits per heavy atom. The van der Waals surface area contributed by atoms with Crippen LogP contribution in [0.5, 0.6) is 0 Å². The van der Waals surface area contributed by atoms with Gasteiger partial charge in [0, 0.05) is 22.4 Å². The predicted octanol–water partition coefficient (Wildman–Crippen LogP) is 5.68. The van der Waals surface area contributed by atoms with Crippen LogP contribution >= 0.6 is 46.3 Å². The van der Waals surface area contributed by atoms with Gasteiger partial charge in [0.25, 0.3) is 0 Å². The lowest BCUT2D eigenvalue weighted by atomic mass is 10.1. The summed E-state index contributed by atoms with van der Waals surface area (Å²) in [6, 6.07) is 5.09. The van der Waals surface area contributed by atoms with Crippen molar-refractivity contribution in [2.45, 2.75) is 32.5 Å². The molecule has 0 spiro atoms. The zero-order valence-electron chi connectivity index (χ0n) is 15.0. The first-order valence-corrected chi connectivity index (χ1v) is 10.9. The Hall–Kier alpha value is -1.54. The van der Waals surface area contributed by atoms with E-state index in [0.29, 0.717) is 20.9 Å². The quantitative estimate of drug-likeness (QED) is 0.500. The fourth-order valence-electron chi connectivity index (χ4n) is 2.54.